The molecule has 0 heterocycles. The molecule has 5 aromatic rings. The highest BCUT2D eigenvalue weighted by Crippen LogP contribution is 2.57. The van der Waals surface area contributed by atoms with Crippen molar-refractivity contribution in [1.82, 2.24) is 0 Å². The zero-order valence-electron chi connectivity index (χ0n) is 21.1. The first kappa shape index (κ1) is 25.2. The summed E-state index contributed by atoms with van der Waals surface area (Å²) in [7, 11) is 0. The van der Waals surface area contributed by atoms with Crippen LogP contribution in [-0.4, -0.2) is 10.9 Å². The fraction of sp³-hybridized carbons (Fsp3) is 0.0909. The maximum Gasteiger partial charge on any atom is 0.409 e. The number of carbonyl (C=O) groups is 2. The van der Waals surface area contributed by atoms with Gasteiger partial charge < -0.3 is 9.47 Å². The molecular weight excluding hydrogens is 531 g/mol. The van der Waals surface area contributed by atoms with Gasteiger partial charge in [-0.25, -0.2) is 9.59 Å². The Hall–Kier alpha value is -4.12. The largest absolute Gasteiger partial charge is 0.415 e. The zero-order chi connectivity index (χ0) is 27.3. The summed E-state index contributed by atoms with van der Waals surface area (Å²) in [5.74, 6) is 0.714. The molecule has 0 unspecified atom stereocenters. The summed E-state index contributed by atoms with van der Waals surface area (Å²) in [5, 5.41) is 2.28. The summed E-state index contributed by atoms with van der Waals surface area (Å²) in [6, 6.07) is 32.2. The van der Waals surface area contributed by atoms with Crippen LogP contribution in [0.4, 0.5) is 9.59 Å². The minimum atomic E-state index is -0.893. The van der Waals surface area contributed by atoms with E-state index in [9.17, 15) is 9.59 Å². The Morgan fingerprint density at radius 1 is 0.590 bits per heavy atom. The molecule has 0 radical (unpaired) electrons. The topological polar surface area (TPSA) is 52.6 Å². The van der Waals surface area contributed by atoms with Gasteiger partial charge in [-0.15, -0.1) is 0 Å². The Kier molecular flexibility index (Phi) is 6.17. The van der Waals surface area contributed by atoms with E-state index in [1.165, 1.54) is 11.1 Å². The molecule has 5 aromatic carbocycles. The lowest BCUT2D eigenvalue weighted by Gasteiger charge is -2.34. The summed E-state index contributed by atoms with van der Waals surface area (Å²) in [6.45, 7) is 4.24. The van der Waals surface area contributed by atoms with E-state index >= 15 is 0 Å². The van der Waals surface area contributed by atoms with Gasteiger partial charge in [0.2, 0.25) is 0 Å². The van der Waals surface area contributed by atoms with Crippen LogP contribution in [-0.2, 0) is 5.41 Å². The molecule has 6 heteroatoms. The average molecular weight is 553 g/mol. The molecule has 0 saturated carbocycles. The average Bonchev–Trinajstić information content (AvgIpc) is 3.17. The summed E-state index contributed by atoms with van der Waals surface area (Å²) < 4.78 is 10.2. The third kappa shape index (κ3) is 4.17. The van der Waals surface area contributed by atoms with Crippen molar-refractivity contribution >= 4 is 44.8 Å². The van der Waals surface area contributed by atoms with Gasteiger partial charge in [0.05, 0.1) is 5.41 Å². The standard InChI is InChI=1S/C33H22Cl2O4/c1-19-15-27-28-17-21-5-3-4-6-22(21)18-30(28)33(29(27)16-20(19)2,23-7-11-25(12-8-23)38-31(34)36)24-9-13-26(14-10-24)39-32(35)37/h3-18H,1-2H3. The monoisotopic (exact) mass is 552 g/mol. The number of fused-ring (bicyclic) bond motifs is 4. The van der Waals surface area contributed by atoms with Crippen molar-refractivity contribution in [3.63, 3.8) is 0 Å². The van der Waals surface area contributed by atoms with Gasteiger partial charge in [-0.1, -0.05) is 60.7 Å². The van der Waals surface area contributed by atoms with Crippen molar-refractivity contribution in [2.45, 2.75) is 19.3 Å². The zero-order valence-corrected chi connectivity index (χ0v) is 22.6. The Bertz CT molecular complexity index is 1710. The molecule has 0 aromatic heterocycles. The van der Waals surface area contributed by atoms with Crippen molar-refractivity contribution in [2.24, 2.45) is 0 Å². The SMILES string of the molecule is Cc1cc2c(cc1C)C(c1ccc(OC(=O)Cl)cc1)(c1ccc(OC(=O)Cl)cc1)c1cc3ccccc3cc1-2. The van der Waals surface area contributed by atoms with Gasteiger partial charge in [-0.3, -0.25) is 0 Å². The van der Waals surface area contributed by atoms with Gasteiger partial charge in [-0.2, -0.15) is 0 Å². The highest BCUT2D eigenvalue weighted by Gasteiger charge is 2.46. The molecule has 0 aliphatic heterocycles. The highest BCUT2D eigenvalue weighted by molar-refractivity contribution is 6.61. The third-order valence-corrected chi connectivity index (χ3v) is 7.74. The molecule has 0 amide bonds. The van der Waals surface area contributed by atoms with E-state index in [0.29, 0.717) is 11.5 Å². The van der Waals surface area contributed by atoms with E-state index in [2.05, 4.69) is 50.2 Å². The maximum atomic E-state index is 11.4. The van der Waals surface area contributed by atoms with Crippen molar-refractivity contribution in [1.29, 1.82) is 0 Å². The normalized spacial score (nSPS) is 13.0. The fourth-order valence-corrected chi connectivity index (χ4v) is 5.97. The first-order chi connectivity index (χ1) is 18.8. The van der Waals surface area contributed by atoms with Crippen molar-refractivity contribution in [3.8, 4) is 22.6 Å². The van der Waals surface area contributed by atoms with Gasteiger partial charge in [0.1, 0.15) is 11.5 Å². The van der Waals surface area contributed by atoms with E-state index in [1.807, 2.05) is 36.4 Å². The Morgan fingerprint density at radius 2 is 1.03 bits per heavy atom. The van der Waals surface area contributed by atoms with Crippen LogP contribution in [0.1, 0.15) is 33.4 Å². The Balaban J connectivity index is 1.70. The molecule has 192 valence electrons. The number of benzene rings is 5. The first-order valence-corrected chi connectivity index (χ1v) is 13.1. The lowest BCUT2D eigenvalue weighted by Crippen LogP contribution is -2.28. The number of carbonyl (C=O) groups excluding carboxylic acids is 2. The van der Waals surface area contributed by atoms with Gasteiger partial charge in [-0.05, 0) is 106 Å². The van der Waals surface area contributed by atoms with E-state index in [0.717, 1.165) is 44.2 Å². The number of rotatable bonds is 4. The molecule has 1 aliphatic carbocycles. The van der Waals surface area contributed by atoms with Crippen LogP contribution in [0.15, 0.2) is 97.1 Å². The van der Waals surface area contributed by atoms with Crippen LogP contribution < -0.4 is 9.47 Å². The van der Waals surface area contributed by atoms with Crippen LogP contribution in [0.3, 0.4) is 0 Å². The third-order valence-electron chi connectivity index (χ3n) is 7.59. The molecule has 1 aliphatic rings. The molecule has 6 rings (SSSR count). The second-order valence-corrected chi connectivity index (χ2v) is 10.3. The van der Waals surface area contributed by atoms with E-state index in [4.69, 9.17) is 32.7 Å². The van der Waals surface area contributed by atoms with Crippen LogP contribution in [0.25, 0.3) is 21.9 Å². The Labute approximate surface area is 235 Å². The molecular formula is C33H22Cl2O4. The molecule has 39 heavy (non-hydrogen) atoms. The number of hydrogen-bond donors (Lipinski definition) is 0. The quantitative estimate of drug-likeness (QED) is 0.204. The van der Waals surface area contributed by atoms with Gasteiger partial charge in [0.15, 0.2) is 0 Å². The van der Waals surface area contributed by atoms with Crippen LogP contribution in [0.2, 0.25) is 0 Å². The van der Waals surface area contributed by atoms with Crippen LogP contribution in [0, 0.1) is 13.8 Å². The Morgan fingerprint density at radius 3 is 1.54 bits per heavy atom. The van der Waals surface area contributed by atoms with E-state index in [1.54, 1.807) is 24.3 Å². The lowest BCUT2D eigenvalue weighted by molar-refractivity contribution is 0.224. The molecule has 0 spiro atoms. The fourth-order valence-electron chi connectivity index (χ4n) is 5.79. The van der Waals surface area contributed by atoms with Gasteiger partial charge in [0.25, 0.3) is 0 Å². The minimum absolute atomic E-state index is 0.357. The second kappa shape index (κ2) is 9.57. The van der Waals surface area contributed by atoms with Crippen LogP contribution in [0.5, 0.6) is 11.5 Å². The molecule has 0 bridgehead atoms. The number of ether oxygens (including phenoxy) is 2. The lowest BCUT2D eigenvalue weighted by atomic mass is 9.67. The summed E-state index contributed by atoms with van der Waals surface area (Å²) in [5.41, 5.74) is 6.44. The van der Waals surface area contributed by atoms with Crippen molar-refractivity contribution in [2.75, 3.05) is 0 Å². The highest BCUT2D eigenvalue weighted by atomic mass is 35.5. The number of aryl methyl sites for hydroxylation is 2. The van der Waals surface area contributed by atoms with Crippen LogP contribution >= 0.6 is 23.2 Å². The summed E-state index contributed by atoms with van der Waals surface area (Å²) in [4.78, 5) is 22.7. The second-order valence-electron chi connectivity index (χ2n) is 9.71. The number of halogens is 2. The maximum absolute atomic E-state index is 11.4. The van der Waals surface area contributed by atoms with E-state index in [-0.39, 0.29) is 0 Å². The van der Waals surface area contributed by atoms with E-state index < -0.39 is 16.3 Å². The van der Waals surface area contributed by atoms with Gasteiger partial charge in [0, 0.05) is 23.2 Å². The van der Waals surface area contributed by atoms with Gasteiger partial charge >= 0.3 is 10.9 Å². The predicted octanol–water partition coefficient (Wildman–Crippen LogP) is 9.29. The molecule has 0 N–H and O–H groups in total. The number of hydrogen-bond acceptors (Lipinski definition) is 4. The molecule has 0 fully saturated rings. The molecule has 0 saturated heterocycles. The van der Waals surface area contributed by atoms with Crippen molar-refractivity contribution < 1.29 is 19.1 Å². The summed E-state index contributed by atoms with van der Waals surface area (Å²) in [6.07, 6.45) is 0. The molecule has 0 atom stereocenters. The predicted molar refractivity (Wildman–Crippen MR) is 154 cm³/mol. The first-order valence-electron chi connectivity index (χ1n) is 12.4. The molecule has 4 nitrogen and oxygen atoms in total. The smallest absolute Gasteiger partial charge is 0.409 e. The van der Waals surface area contributed by atoms with Crippen molar-refractivity contribution in [3.05, 3.63) is 130 Å². The minimum Gasteiger partial charge on any atom is -0.415 e. The summed E-state index contributed by atoms with van der Waals surface area (Å²) >= 11 is 10.9.